The number of aliphatic hydroxyl groups excluding tert-OH is 1. The average Bonchev–Trinajstić information content (AvgIpc) is 2.80. The minimum atomic E-state index is -0.740. The van der Waals surface area contributed by atoms with Gasteiger partial charge in [0, 0.05) is 11.4 Å². The van der Waals surface area contributed by atoms with Crippen molar-refractivity contribution in [3.63, 3.8) is 0 Å². The fourth-order valence-corrected chi connectivity index (χ4v) is 2.87. The Bertz CT molecular complexity index is 539. The summed E-state index contributed by atoms with van der Waals surface area (Å²) in [6.07, 6.45) is 0.834. The summed E-state index contributed by atoms with van der Waals surface area (Å²) < 4.78 is 1.72. The van der Waals surface area contributed by atoms with Crippen molar-refractivity contribution in [2.75, 3.05) is 5.75 Å². The highest BCUT2D eigenvalue weighted by atomic mass is 35.5. The Balaban J connectivity index is 2.27. The number of aliphatic hydroxyl groups is 1. The molecule has 19 heavy (non-hydrogen) atoms. The van der Waals surface area contributed by atoms with Gasteiger partial charge in [-0.25, -0.2) is 0 Å². The van der Waals surface area contributed by atoms with Crippen molar-refractivity contribution in [2.45, 2.75) is 31.4 Å². The predicted octanol–water partition coefficient (Wildman–Crippen LogP) is 3.75. The van der Waals surface area contributed by atoms with E-state index in [1.54, 1.807) is 22.6 Å². The highest BCUT2D eigenvalue weighted by Gasteiger charge is 2.19. The first-order valence-corrected chi connectivity index (χ1v) is 7.65. The van der Waals surface area contributed by atoms with Crippen molar-refractivity contribution in [2.24, 2.45) is 0 Å². The molecule has 0 radical (unpaired) electrons. The Morgan fingerprint density at radius 2 is 2.00 bits per heavy atom. The van der Waals surface area contributed by atoms with Crippen LogP contribution in [0.2, 0.25) is 5.02 Å². The van der Waals surface area contributed by atoms with Crippen LogP contribution in [0.15, 0.2) is 35.4 Å². The van der Waals surface area contributed by atoms with Gasteiger partial charge >= 0.3 is 0 Å². The molecular weight excluding hydrogens is 280 g/mol. The zero-order chi connectivity index (χ0) is 13.8. The first kappa shape index (κ1) is 14.4. The molecule has 2 rings (SSSR count). The molecule has 0 aliphatic heterocycles. The topological polar surface area (TPSA) is 38.1 Å². The molecule has 0 bridgehead atoms. The second-order valence-corrected chi connectivity index (χ2v) is 5.84. The molecule has 1 unspecified atom stereocenters. The summed E-state index contributed by atoms with van der Waals surface area (Å²) in [4.78, 5) is 1.20. The van der Waals surface area contributed by atoms with E-state index in [4.69, 9.17) is 11.6 Å². The zero-order valence-corrected chi connectivity index (χ0v) is 12.6. The van der Waals surface area contributed by atoms with Gasteiger partial charge in [0.2, 0.25) is 0 Å². The minimum Gasteiger partial charge on any atom is -0.382 e. The summed E-state index contributed by atoms with van der Waals surface area (Å²) >= 11 is 7.88. The summed E-state index contributed by atoms with van der Waals surface area (Å²) in [6.45, 7) is 4.77. The number of rotatable bonds is 5. The Morgan fingerprint density at radius 3 is 2.58 bits per heavy atom. The van der Waals surface area contributed by atoms with Gasteiger partial charge in [0.1, 0.15) is 6.10 Å². The van der Waals surface area contributed by atoms with Crippen LogP contribution in [0, 0.1) is 0 Å². The van der Waals surface area contributed by atoms with E-state index < -0.39 is 6.10 Å². The van der Waals surface area contributed by atoms with E-state index in [1.165, 1.54) is 4.90 Å². The third-order valence-corrected chi connectivity index (χ3v) is 4.08. The molecule has 0 fully saturated rings. The molecule has 0 aliphatic carbocycles. The van der Waals surface area contributed by atoms with E-state index in [1.807, 2.05) is 31.2 Å². The van der Waals surface area contributed by atoms with E-state index in [0.717, 1.165) is 11.3 Å². The smallest absolute Gasteiger partial charge is 0.122 e. The van der Waals surface area contributed by atoms with E-state index in [2.05, 4.69) is 12.0 Å². The number of benzene rings is 1. The summed E-state index contributed by atoms with van der Waals surface area (Å²) in [6, 6.07) is 7.92. The summed E-state index contributed by atoms with van der Waals surface area (Å²) in [5.74, 6) is 1.04. The van der Waals surface area contributed by atoms with Gasteiger partial charge in [0.05, 0.1) is 16.9 Å². The molecule has 1 heterocycles. The Labute approximate surface area is 122 Å². The molecule has 5 heteroatoms. The van der Waals surface area contributed by atoms with Crippen molar-refractivity contribution >= 4 is 23.4 Å². The normalized spacial score (nSPS) is 12.6. The van der Waals surface area contributed by atoms with Crippen LogP contribution >= 0.6 is 23.4 Å². The highest BCUT2D eigenvalue weighted by Crippen LogP contribution is 2.29. The van der Waals surface area contributed by atoms with Crippen molar-refractivity contribution in [1.29, 1.82) is 0 Å². The first-order chi connectivity index (χ1) is 9.17. The lowest BCUT2D eigenvalue weighted by molar-refractivity contribution is 0.208. The molecule has 0 saturated heterocycles. The predicted molar refractivity (Wildman–Crippen MR) is 79.8 cm³/mol. The molecule has 0 saturated carbocycles. The molecule has 3 nitrogen and oxygen atoms in total. The Morgan fingerprint density at radius 1 is 1.32 bits per heavy atom. The van der Waals surface area contributed by atoms with Gasteiger partial charge in [-0.15, -0.1) is 11.8 Å². The van der Waals surface area contributed by atoms with E-state index in [9.17, 15) is 5.11 Å². The van der Waals surface area contributed by atoms with Crippen LogP contribution in [0.5, 0.6) is 0 Å². The van der Waals surface area contributed by atoms with Gasteiger partial charge in [0.15, 0.2) is 0 Å². The van der Waals surface area contributed by atoms with Crippen LogP contribution in [0.1, 0.15) is 31.2 Å². The third-order valence-electron chi connectivity index (χ3n) is 2.90. The number of aryl methyl sites for hydroxylation is 1. The fourth-order valence-electron chi connectivity index (χ4n) is 1.97. The number of nitrogens with zero attached hydrogens (tertiary/aromatic N) is 2. The standard InChI is InChI=1S/C14H17ClN2OS/c1-3-17-13(12(15)9-16-17)14(18)10-5-7-11(8-6-10)19-4-2/h5-9,14,18H,3-4H2,1-2H3. The van der Waals surface area contributed by atoms with Gasteiger partial charge in [-0.05, 0) is 30.4 Å². The van der Waals surface area contributed by atoms with Crippen LogP contribution < -0.4 is 0 Å². The fraction of sp³-hybridized carbons (Fsp3) is 0.357. The van der Waals surface area contributed by atoms with Gasteiger partial charge < -0.3 is 5.11 Å². The summed E-state index contributed by atoms with van der Waals surface area (Å²) in [7, 11) is 0. The van der Waals surface area contributed by atoms with Gasteiger partial charge in [0.25, 0.3) is 0 Å². The molecule has 0 amide bonds. The number of halogens is 1. The van der Waals surface area contributed by atoms with Crippen LogP contribution in [0.4, 0.5) is 0 Å². The summed E-state index contributed by atoms with van der Waals surface area (Å²) in [5.41, 5.74) is 1.48. The van der Waals surface area contributed by atoms with Gasteiger partial charge in [-0.2, -0.15) is 5.10 Å². The second kappa shape index (κ2) is 6.46. The molecule has 102 valence electrons. The monoisotopic (exact) mass is 296 g/mol. The van der Waals surface area contributed by atoms with Crippen LogP contribution in [0.3, 0.4) is 0 Å². The van der Waals surface area contributed by atoms with Gasteiger partial charge in [-0.1, -0.05) is 30.7 Å². The Kier molecular flexibility index (Phi) is 4.91. The van der Waals surface area contributed by atoms with Crippen molar-refractivity contribution in [1.82, 2.24) is 9.78 Å². The SMILES string of the molecule is CCSc1ccc(C(O)c2c(Cl)cnn2CC)cc1. The second-order valence-electron chi connectivity index (χ2n) is 4.10. The molecule has 0 aliphatic rings. The number of thioether (sulfide) groups is 1. The maximum Gasteiger partial charge on any atom is 0.122 e. The lowest BCUT2D eigenvalue weighted by Gasteiger charge is -2.14. The molecule has 2 aromatic rings. The van der Waals surface area contributed by atoms with Crippen molar-refractivity contribution in [3.8, 4) is 0 Å². The van der Waals surface area contributed by atoms with Gasteiger partial charge in [-0.3, -0.25) is 4.68 Å². The molecule has 1 aromatic carbocycles. The first-order valence-electron chi connectivity index (χ1n) is 6.29. The number of hydrogen-bond acceptors (Lipinski definition) is 3. The van der Waals surface area contributed by atoms with Crippen molar-refractivity contribution in [3.05, 3.63) is 46.7 Å². The van der Waals surface area contributed by atoms with Crippen molar-refractivity contribution < 1.29 is 5.11 Å². The highest BCUT2D eigenvalue weighted by molar-refractivity contribution is 7.99. The van der Waals surface area contributed by atoms with Crippen LogP contribution in [0.25, 0.3) is 0 Å². The average molecular weight is 297 g/mol. The van der Waals surface area contributed by atoms with Crippen LogP contribution in [-0.2, 0) is 6.54 Å². The quantitative estimate of drug-likeness (QED) is 0.854. The summed E-state index contributed by atoms with van der Waals surface area (Å²) in [5, 5.41) is 15.1. The van der Waals surface area contributed by atoms with Crippen LogP contribution in [-0.4, -0.2) is 20.6 Å². The zero-order valence-electron chi connectivity index (χ0n) is 11.0. The molecular formula is C14H17ClN2OS. The number of aromatic nitrogens is 2. The maximum atomic E-state index is 10.4. The largest absolute Gasteiger partial charge is 0.382 e. The maximum absolute atomic E-state index is 10.4. The van der Waals surface area contributed by atoms with E-state index in [0.29, 0.717) is 17.3 Å². The molecule has 1 N–H and O–H groups in total. The lowest BCUT2D eigenvalue weighted by Crippen LogP contribution is -2.09. The molecule has 0 spiro atoms. The minimum absolute atomic E-state index is 0.501. The van der Waals surface area contributed by atoms with E-state index in [-0.39, 0.29) is 0 Å². The Hall–Kier alpha value is -0.970. The molecule has 1 atom stereocenters. The lowest BCUT2D eigenvalue weighted by atomic mass is 10.1. The van der Waals surface area contributed by atoms with E-state index >= 15 is 0 Å². The third kappa shape index (κ3) is 3.14. The number of hydrogen-bond donors (Lipinski definition) is 1. The molecule has 1 aromatic heterocycles.